The topological polar surface area (TPSA) is 388 Å². The maximum Gasteiger partial charge on any atom is 0.320 e. The molecule has 1 aliphatic heterocycles. The Morgan fingerprint density at radius 2 is 0.851 bits per heavy atom. The van der Waals surface area contributed by atoms with Gasteiger partial charge in [0.2, 0.25) is 41.0 Å². The standard InChI is InChI=1S/C59H94F4N8O23/c1-85-24-25-89-32-33-92-31-28-88-23-12-64-58(82)46(67-50(74)10-21-86-26-29-90-34-36-93-37-35-91-30-27-87-22-11-54(81)94-57-55(62)44(60)38-45(61)56(57)63)6-8-48(72)65-42-2-4-43(5-3-42)66-49(73)9-7-47(59(83)84)71-19-17-69(40-52(77)78)15-13-68(39-51(75)76)14-16-70(18-20-71)41-53(79)80/h38,42-43,46-47H,2-37,39-41H2,1H3,(H,64,82)(H,65,72)(H,66,73)(H,67,74)(H,75,76)(H,77,78)(H,79,80)(H,83,84)/t42?,43?,46-,47?/m0/s1. The molecular weight excluding hydrogens is 1260 g/mol. The van der Waals surface area contributed by atoms with Gasteiger partial charge in [-0.1, -0.05) is 0 Å². The van der Waals surface area contributed by atoms with Crippen molar-refractivity contribution in [3.05, 3.63) is 29.3 Å². The van der Waals surface area contributed by atoms with Crippen LogP contribution in [0.3, 0.4) is 0 Å². The van der Waals surface area contributed by atoms with E-state index in [0.717, 1.165) is 0 Å². The molecule has 0 bridgehead atoms. The monoisotopic (exact) mass is 1360 g/mol. The number of esters is 1. The normalized spacial score (nSPS) is 17.0. The number of carbonyl (C=O) groups excluding carboxylic acids is 5. The highest BCUT2D eigenvalue weighted by molar-refractivity contribution is 5.88. The first kappa shape index (κ1) is 81.9. The second-order valence-electron chi connectivity index (χ2n) is 21.7. The first-order valence-corrected chi connectivity index (χ1v) is 31.2. The van der Waals surface area contributed by atoms with E-state index in [1.165, 1.54) is 0 Å². The van der Waals surface area contributed by atoms with E-state index in [-0.39, 0.29) is 214 Å². The van der Waals surface area contributed by atoms with Crippen molar-refractivity contribution < 1.29 is 129 Å². The molecular formula is C59H94F4N8O23. The molecule has 31 nitrogen and oxygen atoms in total. The quantitative estimate of drug-likeness (QED) is 0.0132. The van der Waals surface area contributed by atoms with Crippen LogP contribution in [0.2, 0.25) is 0 Å². The first-order chi connectivity index (χ1) is 45.1. The second-order valence-corrected chi connectivity index (χ2v) is 21.7. The Kier molecular flexibility index (Phi) is 42.9. The van der Waals surface area contributed by atoms with Crippen LogP contribution in [-0.4, -0.2) is 316 Å². The van der Waals surface area contributed by atoms with Crippen molar-refractivity contribution in [2.45, 2.75) is 88.4 Å². The zero-order valence-corrected chi connectivity index (χ0v) is 53.3. The Balaban J connectivity index is 1.38. The third kappa shape index (κ3) is 37.7. The van der Waals surface area contributed by atoms with E-state index < -0.39 is 95.1 Å². The minimum absolute atomic E-state index is 0.00524. The molecule has 1 saturated carbocycles. The van der Waals surface area contributed by atoms with Gasteiger partial charge >= 0.3 is 29.8 Å². The number of aliphatic carboxylic acids is 4. The molecule has 0 spiro atoms. The van der Waals surface area contributed by atoms with Gasteiger partial charge in [0.05, 0.1) is 138 Å². The van der Waals surface area contributed by atoms with Gasteiger partial charge in [-0.25, -0.2) is 8.78 Å². The Hall–Kier alpha value is -6.35. The Morgan fingerprint density at radius 3 is 1.26 bits per heavy atom. The lowest BCUT2D eigenvalue weighted by Crippen LogP contribution is -2.52. The van der Waals surface area contributed by atoms with Crippen LogP contribution >= 0.6 is 0 Å². The van der Waals surface area contributed by atoms with Crippen molar-refractivity contribution in [1.29, 1.82) is 0 Å². The smallest absolute Gasteiger partial charge is 0.320 e. The SMILES string of the molecule is COCCOCCOCCOCCNC(=O)[C@H](CCC(=O)NC1CCC(NC(=O)CCC(C(=O)O)N2CCN(CC(=O)O)CCN(CC(=O)O)CCN(CC(=O)O)CC2)CC1)NC(=O)CCOCCOCCOCCOCCOCCC(=O)Oc1c(F)c(F)cc(F)c1F. The van der Waals surface area contributed by atoms with Crippen molar-refractivity contribution in [2.24, 2.45) is 0 Å². The van der Waals surface area contributed by atoms with E-state index in [9.17, 15) is 81.1 Å². The molecule has 35 heteroatoms. The van der Waals surface area contributed by atoms with E-state index in [0.29, 0.717) is 58.7 Å². The summed E-state index contributed by atoms with van der Waals surface area (Å²) in [5.41, 5.74) is 0. The molecule has 1 saturated heterocycles. The molecule has 0 aromatic heterocycles. The molecule has 4 amide bonds. The van der Waals surface area contributed by atoms with Crippen LogP contribution < -0.4 is 26.0 Å². The number of hydrogen-bond donors (Lipinski definition) is 8. The van der Waals surface area contributed by atoms with E-state index in [1.807, 2.05) is 0 Å². The highest BCUT2D eigenvalue weighted by Crippen LogP contribution is 2.27. The maximum atomic E-state index is 13.7. The average Bonchev–Trinajstić information content (AvgIpc) is 0.834. The molecule has 2 aliphatic rings. The van der Waals surface area contributed by atoms with Crippen molar-refractivity contribution in [3.63, 3.8) is 0 Å². The number of carboxylic acid groups (broad SMARTS) is 4. The Bertz CT molecular complexity index is 2380. The van der Waals surface area contributed by atoms with Crippen LogP contribution in [0.1, 0.15) is 64.2 Å². The summed E-state index contributed by atoms with van der Waals surface area (Å²) >= 11 is 0. The summed E-state index contributed by atoms with van der Waals surface area (Å²) in [6.45, 7) is 3.44. The van der Waals surface area contributed by atoms with Gasteiger partial charge in [0.1, 0.15) is 12.1 Å². The molecule has 1 unspecified atom stereocenters. The largest absolute Gasteiger partial charge is 0.480 e. The predicted octanol–water partition coefficient (Wildman–Crippen LogP) is -0.659. The van der Waals surface area contributed by atoms with E-state index in [2.05, 4.69) is 26.0 Å². The lowest BCUT2D eigenvalue weighted by atomic mass is 9.90. The molecule has 1 heterocycles. The van der Waals surface area contributed by atoms with Crippen molar-refractivity contribution >= 4 is 53.5 Å². The number of rotatable bonds is 49. The van der Waals surface area contributed by atoms with E-state index in [4.69, 9.17) is 42.6 Å². The highest BCUT2D eigenvalue weighted by atomic mass is 19.2. The third-order valence-corrected chi connectivity index (χ3v) is 14.5. The van der Waals surface area contributed by atoms with Crippen molar-refractivity contribution in [3.8, 4) is 5.75 Å². The molecule has 2 atom stereocenters. The van der Waals surface area contributed by atoms with Gasteiger partial charge in [-0.05, 0) is 38.5 Å². The summed E-state index contributed by atoms with van der Waals surface area (Å²) in [4.78, 5) is 119. The summed E-state index contributed by atoms with van der Waals surface area (Å²) in [5.74, 6) is -16.1. The number of methoxy groups -OCH3 is 1. The van der Waals surface area contributed by atoms with E-state index in [1.54, 1.807) is 26.7 Å². The predicted molar refractivity (Wildman–Crippen MR) is 321 cm³/mol. The summed E-state index contributed by atoms with van der Waals surface area (Å²) in [6, 6.07) is -2.81. The number of nitrogens with zero attached hydrogens (tertiary/aromatic N) is 4. The minimum atomic E-state index is -1.84. The molecule has 1 aromatic carbocycles. The fourth-order valence-electron chi connectivity index (χ4n) is 9.60. The number of hydrogen-bond acceptors (Lipinski definition) is 23. The second kappa shape index (κ2) is 49.2. The van der Waals surface area contributed by atoms with Crippen LogP contribution in [0, 0.1) is 23.3 Å². The number of ether oxygens (including phenoxy) is 10. The molecule has 94 heavy (non-hydrogen) atoms. The number of nitrogens with one attached hydrogen (secondary N) is 4. The summed E-state index contributed by atoms with van der Waals surface area (Å²) in [6.07, 6.45) is 0.979. The van der Waals surface area contributed by atoms with Crippen molar-refractivity contribution in [1.82, 2.24) is 40.9 Å². The first-order valence-electron chi connectivity index (χ1n) is 31.2. The average molecular weight is 1360 g/mol. The lowest BCUT2D eigenvalue weighted by molar-refractivity contribution is -0.145. The summed E-state index contributed by atoms with van der Waals surface area (Å²) in [5, 5.41) is 50.4. The fraction of sp³-hybridized carbons (Fsp3) is 0.746. The van der Waals surface area contributed by atoms with Gasteiger partial charge in [-0.15, -0.1) is 0 Å². The summed E-state index contributed by atoms with van der Waals surface area (Å²) in [7, 11) is 1.57. The van der Waals surface area contributed by atoms with Gasteiger partial charge < -0.3 is 89.1 Å². The van der Waals surface area contributed by atoms with Crippen LogP contribution in [0.15, 0.2) is 6.07 Å². The maximum absolute atomic E-state index is 13.7. The zero-order chi connectivity index (χ0) is 68.9. The van der Waals surface area contributed by atoms with Gasteiger partial charge in [0.25, 0.3) is 0 Å². The summed E-state index contributed by atoms with van der Waals surface area (Å²) < 4.78 is 107. The number of amides is 4. The molecule has 0 radical (unpaired) electrons. The molecule has 1 aromatic rings. The molecule has 3 rings (SSSR count). The van der Waals surface area contributed by atoms with Gasteiger partial charge in [-0.3, -0.25) is 62.8 Å². The van der Waals surface area contributed by atoms with E-state index >= 15 is 0 Å². The van der Waals surface area contributed by atoms with Gasteiger partial charge in [0, 0.05) is 103 Å². The minimum Gasteiger partial charge on any atom is -0.480 e. The van der Waals surface area contributed by atoms with Crippen LogP contribution in [-0.2, 0) is 85.8 Å². The number of benzene rings is 1. The number of carbonyl (C=O) groups is 9. The number of carboxylic acids is 4. The Labute approximate surface area is 542 Å². The van der Waals surface area contributed by atoms with Crippen molar-refractivity contribution in [2.75, 3.05) is 198 Å². The third-order valence-electron chi connectivity index (χ3n) is 14.5. The van der Waals surface area contributed by atoms with Crippen LogP contribution in [0.5, 0.6) is 5.75 Å². The molecule has 536 valence electrons. The van der Waals surface area contributed by atoms with Crippen LogP contribution in [0.4, 0.5) is 17.6 Å². The molecule has 1 aliphatic carbocycles. The Morgan fingerprint density at radius 1 is 0.479 bits per heavy atom. The number of halogens is 4. The zero-order valence-electron chi connectivity index (χ0n) is 53.3. The van der Waals surface area contributed by atoms with Crippen LogP contribution in [0.25, 0.3) is 0 Å². The lowest BCUT2D eigenvalue weighted by Gasteiger charge is -2.35. The van der Waals surface area contributed by atoms with Gasteiger partial charge in [0.15, 0.2) is 11.6 Å². The molecule has 2 fully saturated rings. The molecule has 8 N–H and O–H groups in total. The highest BCUT2D eigenvalue weighted by Gasteiger charge is 2.31. The van der Waals surface area contributed by atoms with Gasteiger partial charge in [-0.2, -0.15) is 8.78 Å². The fourth-order valence-corrected chi connectivity index (χ4v) is 9.60.